The highest BCUT2D eigenvalue weighted by atomic mass is 16.6. The molecule has 1 amide bonds. The zero-order valence-corrected chi connectivity index (χ0v) is 22.9. The van der Waals surface area contributed by atoms with Gasteiger partial charge < -0.3 is 19.5 Å². The number of esters is 1. The van der Waals surface area contributed by atoms with Gasteiger partial charge in [0.15, 0.2) is 0 Å². The first kappa shape index (κ1) is 31.9. The monoisotopic (exact) mass is 471 g/mol. The summed E-state index contributed by atoms with van der Waals surface area (Å²) >= 11 is 0. The molecule has 0 aliphatic heterocycles. The molecule has 0 radical (unpaired) electrons. The Labute approximate surface area is 203 Å². The highest BCUT2D eigenvalue weighted by molar-refractivity contribution is 5.87. The van der Waals surface area contributed by atoms with E-state index in [1.807, 2.05) is 34.6 Å². The quantitative estimate of drug-likeness (QED) is 0.123. The summed E-state index contributed by atoms with van der Waals surface area (Å²) < 4.78 is 16.6. The second kappa shape index (κ2) is 16.5. The fourth-order valence-corrected chi connectivity index (χ4v) is 3.64. The van der Waals surface area contributed by atoms with Gasteiger partial charge in [-0.3, -0.25) is 4.79 Å². The summed E-state index contributed by atoms with van der Waals surface area (Å²) in [7, 11) is 1.68. The maximum atomic E-state index is 13.0. The molecule has 6 nitrogen and oxygen atoms in total. The maximum absolute atomic E-state index is 13.0. The van der Waals surface area contributed by atoms with Crippen molar-refractivity contribution in [2.24, 2.45) is 5.41 Å². The predicted molar refractivity (Wildman–Crippen MR) is 135 cm³/mol. The lowest BCUT2D eigenvalue weighted by Crippen LogP contribution is -2.43. The van der Waals surface area contributed by atoms with E-state index in [-0.39, 0.29) is 12.1 Å². The van der Waals surface area contributed by atoms with Gasteiger partial charge in [0.1, 0.15) is 0 Å². The van der Waals surface area contributed by atoms with Crippen LogP contribution in [0.5, 0.6) is 0 Å². The van der Waals surface area contributed by atoms with Crippen LogP contribution in [0.4, 0.5) is 4.79 Å². The van der Waals surface area contributed by atoms with Crippen LogP contribution in [0.2, 0.25) is 0 Å². The smallest absolute Gasteiger partial charge is 0.379 e. The second-order valence-electron chi connectivity index (χ2n) is 10.9. The Bertz CT molecular complexity index is 547. The van der Waals surface area contributed by atoms with Crippen LogP contribution in [0.15, 0.2) is 0 Å². The normalized spacial score (nSPS) is 14.1. The molecule has 1 atom stereocenters. The van der Waals surface area contributed by atoms with Crippen molar-refractivity contribution < 1.29 is 23.8 Å². The molecule has 0 spiro atoms. The molecule has 0 aromatic carbocycles. The first-order valence-electron chi connectivity index (χ1n) is 13.1. The van der Waals surface area contributed by atoms with Crippen molar-refractivity contribution in [1.29, 1.82) is 0 Å². The molecule has 0 aliphatic carbocycles. The molecular formula is C27H53NO5. The lowest BCUT2D eigenvalue weighted by atomic mass is 9.79. The SMILES string of the molecule is CCCCCCCC(C)(CCCCCC)C(=O)OC(=O)NCC(C)(C)OCCC(C)(C)OC. The number of unbranched alkanes of at least 4 members (excludes halogenated alkanes) is 7. The Balaban J connectivity index is 4.69. The average Bonchev–Trinajstić information content (AvgIpc) is 2.75. The third kappa shape index (κ3) is 15.4. The predicted octanol–water partition coefficient (Wildman–Crippen LogP) is 7.19. The van der Waals surface area contributed by atoms with Gasteiger partial charge in [-0.15, -0.1) is 0 Å². The lowest BCUT2D eigenvalue weighted by molar-refractivity contribution is -0.149. The Kier molecular flexibility index (Phi) is 15.9. The van der Waals surface area contributed by atoms with Crippen molar-refractivity contribution in [2.75, 3.05) is 20.3 Å². The highest BCUT2D eigenvalue weighted by Gasteiger charge is 2.35. The van der Waals surface area contributed by atoms with Gasteiger partial charge in [-0.2, -0.15) is 0 Å². The molecule has 0 aromatic rings. The number of carbonyl (C=O) groups is 2. The van der Waals surface area contributed by atoms with Gasteiger partial charge in [-0.1, -0.05) is 71.6 Å². The molecule has 0 aliphatic rings. The molecule has 0 saturated carbocycles. The van der Waals surface area contributed by atoms with Crippen molar-refractivity contribution in [3.63, 3.8) is 0 Å². The summed E-state index contributed by atoms with van der Waals surface area (Å²) in [6.07, 6.45) is 11.7. The van der Waals surface area contributed by atoms with Crippen molar-refractivity contribution in [3.05, 3.63) is 0 Å². The number of rotatable bonds is 19. The van der Waals surface area contributed by atoms with Gasteiger partial charge in [-0.25, -0.2) is 4.79 Å². The molecule has 6 heteroatoms. The van der Waals surface area contributed by atoms with E-state index in [0.717, 1.165) is 51.4 Å². The molecule has 33 heavy (non-hydrogen) atoms. The van der Waals surface area contributed by atoms with Crippen LogP contribution < -0.4 is 5.32 Å². The minimum Gasteiger partial charge on any atom is -0.379 e. The van der Waals surface area contributed by atoms with Crippen LogP contribution in [-0.2, 0) is 19.0 Å². The molecule has 0 aromatic heterocycles. The van der Waals surface area contributed by atoms with E-state index in [1.54, 1.807) is 7.11 Å². The number of amides is 1. The van der Waals surface area contributed by atoms with Crippen LogP contribution in [0.3, 0.4) is 0 Å². The number of carbonyl (C=O) groups excluding carboxylic acids is 2. The number of nitrogens with one attached hydrogen (secondary N) is 1. The summed E-state index contributed by atoms with van der Waals surface area (Å²) in [6, 6.07) is 0. The number of hydrogen-bond donors (Lipinski definition) is 1. The van der Waals surface area contributed by atoms with Gasteiger partial charge in [-0.05, 0) is 53.9 Å². The van der Waals surface area contributed by atoms with Crippen LogP contribution in [0.25, 0.3) is 0 Å². The molecule has 1 unspecified atom stereocenters. The zero-order valence-electron chi connectivity index (χ0n) is 22.9. The van der Waals surface area contributed by atoms with E-state index in [9.17, 15) is 9.59 Å². The first-order valence-corrected chi connectivity index (χ1v) is 13.1. The summed E-state index contributed by atoms with van der Waals surface area (Å²) in [5.74, 6) is -0.410. The topological polar surface area (TPSA) is 73.9 Å². The minimum atomic E-state index is -0.695. The van der Waals surface area contributed by atoms with Crippen LogP contribution in [0, 0.1) is 5.41 Å². The van der Waals surface area contributed by atoms with Crippen molar-refractivity contribution in [3.8, 4) is 0 Å². The molecular weight excluding hydrogens is 418 g/mol. The Morgan fingerprint density at radius 2 is 1.24 bits per heavy atom. The third-order valence-electron chi connectivity index (χ3n) is 6.50. The molecule has 0 saturated heterocycles. The van der Waals surface area contributed by atoms with E-state index >= 15 is 0 Å². The largest absolute Gasteiger partial charge is 0.415 e. The van der Waals surface area contributed by atoms with Gasteiger partial charge in [0, 0.05) is 13.7 Å². The fraction of sp³-hybridized carbons (Fsp3) is 0.926. The lowest BCUT2D eigenvalue weighted by Gasteiger charge is -2.29. The average molecular weight is 472 g/mol. The van der Waals surface area contributed by atoms with Gasteiger partial charge in [0.2, 0.25) is 0 Å². The maximum Gasteiger partial charge on any atom is 0.415 e. The molecule has 0 fully saturated rings. The van der Waals surface area contributed by atoms with E-state index in [2.05, 4.69) is 19.2 Å². The van der Waals surface area contributed by atoms with Crippen LogP contribution in [-0.4, -0.2) is 43.5 Å². The Morgan fingerprint density at radius 3 is 1.76 bits per heavy atom. The first-order chi connectivity index (χ1) is 15.4. The van der Waals surface area contributed by atoms with Crippen LogP contribution >= 0.6 is 0 Å². The highest BCUT2D eigenvalue weighted by Crippen LogP contribution is 2.33. The minimum absolute atomic E-state index is 0.257. The molecule has 0 heterocycles. The Hall–Kier alpha value is -1.14. The molecule has 1 N–H and O–H groups in total. The van der Waals surface area contributed by atoms with E-state index < -0.39 is 23.1 Å². The fourth-order valence-electron chi connectivity index (χ4n) is 3.64. The second-order valence-corrected chi connectivity index (χ2v) is 10.9. The van der Waals surface area contributed by atoms with Crippen molar-refractivity contribution >= 4 is 12.1 Å². The summed E-state index contributed by atoms with van der Waals surface area (Å²) in [4.78, 5) is 25.4. The number of alkyl carbamates (subject to hydrolysis) is 1. The number of hydrogen-bond acceptors (Lipinski definition) is 5. The van der Waals surface area contributed by atoms with E-state index in [1.165, 1.54) is 25.7 Å². The summed E-state index contributed by atoms with van der Waals surface area (Å²) in [6.45, 7) is 14.9. The molecule has 196 valence electrons. The van der Waals surface area contributed by atoms with Gasteiger partial charge in [0.05, 0.1) is 23.2 Å². The van der Waals surface area contributed by atoms with Crippen molar-refractivity contribution in [1.82, 2.24) is 5.32 Å². The van der Waals surface area contributed by atoms with E-state index in [0.29, 0.717) is 6.61 Å². The summed E-state index contributed by atoms with van der Waals surface area (Å²) in [5, 5.41) is 2.71. The van der Waals surface area contributed by atoms with Gasteiger partial charge in [0.25, 0.3) is 0 Å². The number of ether oxygens (including phenoxy) is 3. The van der Waals surface area contributed by atoms with E-state index in [4.69, 9.17) is 14.2 Å². The third-order valence-corrected chi connectivity index (χ3v) is 6.50. The zero-order chi connectivity index (χ0) is 25.4. The standard InChI is InChI=1S/C27H53NO5/c1-9-11-13-15-17-19-27(7,18-16-14-12-10-2)23(29)33-24(30)28-22-26(5,6)32-21-20-25(3,4)31-8/h9-22H2,1-8H3,(H,28,30). The van der Waals surface area contributed by atoms with Crippen LogP contribution in [0.1, 0.15) is 126 Å². The number of methoxy groups -OCH3 is 1. The summed E-state index contributed by atoms with van der Waals surface area (Å²) in [5.41, 5.74) is -1.45. The Morgan fingerprint density at radius 1 is 0.727 bits per heavy atom. The van der Waals surface area contributed by atoms with Crippen molar-refractivity contribution in [2.45, 2.75) is 137 Å². The molecule has 0 rings (SSSR count). The molecule has 0 bridgehead atoms. The van der Waals surface area contributed by atoms with Gasteiger partial charge >= 0.3 is 12.1 Å².